The first-order valence-corrected chi connectivity index (χ1v) is 5.53. The smallest absolute Gasteiger partial charge is 0.125 e. The van der Waals surface area contributed by atoms with Crippen LogP contribution in [0.25, 0.3) is 0 Å². The highest BCUT2D eigenvalue weighted by atomic mass is 15.4. The van der Waals surface area contributed by atoms with Gasteiger partial charge in [-0.25, -0.2) is 4.68 Å². The number of rotatable bonds is 1. The fraction of sp³-hybridized carbons (Fsp3) is 0.455. The quantitative estimate of drug-likeness (QED) is 0.784. The van der Waals surface area contributed by atoms with Gasteiger partial charge in [-0.1, -0.05) is 0 Å². The summed E-state index contributed by atoms with van der Waals surface area (Å²) in [5, 5.41) is 12.1. The third kappa shape index (κ3) is 1.31. The Balaban J connectivity index is 2.08. The van der Waals surface area contributed by atoms with Gasteiger partial charge in [-0.3, -0.25) is 4.68 Å². The number of aryl methyl sites for hydroxylation is 2. The van der Waals surface area contributed by atoms with Crippen molar-refractivity contribution in [1.82, 2.24) is 19.6 Å². The topological polar surface area (TPSA) is 47.7 Å². The lowest BCUT2D eigenvalue weighted by atomic mass is 10.1. The summed E-state index contributed by atoms with van der Waals surface area (Å²) in [6.07, 6.45) is 2.89. The van der Waals surface area contributed by atoms with Gasteiger partial charge >= 0.3 is 0 Å². The van der Waals surface area contributed by atoms with Crippen molar-refractivity contribution >= 4 is 5.82 Å². The predicted octanol–water partition coefficient (Wildman–Crippen LogP) is 1.33. The van der Waals surface area contributed by atoms with Crippen LogP contribution < -0.4 is 5.32 Å². The Bertz CT molecular complexity index is 510. The Morgan fingerprint density at radius 1 is 1.50 bits per heavy atom. The fourth-order valence-electron chi connectivity index (χ4n) is 2.33. The molecule has 0 saturated heterocycles. The SMILES string of the molecule is Cc1cc2n(n1)C(c1ccnn1C)CCN2. The van der Waals surface area contributed by atoms with Gasteiger partial charge in [-0.15, -0.1) is 0 Å². The van der Waals surface area contributed by atoms with Crippen LogP contribution in [0.2, 0.25) is 0 Å². The minimum Gasteiger partial charge on any atom is -0.370 e. The molecule has 3 heterocycles. The molecule has 84 valence electrons. The molecule has 3 rings (SSSR count). The van der Waals surface area contributed by atoms with E-state index >= 15 is 0 Å². The summed E-state index contributed by atoms with van der Waals surface area (Å²) in [4.78, 5) is 0. The van der Waals surface area contributed by atoms with E-state index in [9.17, 15) is 0 Å². The van der Waals surface area contributed by atoms with Crippen LogP contribution in [-0.2, 0) is 7.05 Å². The third-order valence-electron chi connectivity index (χ3n) is 3.08. The molecule has 0 saturated carbocycles. The minimum atomic E-state index is 0.303. The molecule has 1 atom stereocenters. The molecule has 0 fully saturated rings. The Hall–Kier alpha value is -1.78. The predicted molar refractivity (Wildman–Crippen MR) is 61.4 cm³/mol. The van der Waals surface area contributed by atoms with E-state index < -0.39 is 0 Å². The largest absolute Gasteiger partial charge is 0.370 e. The summed E-state index contributed by atoms with van der Waals surface area (Å²) in [5.74, 6) is 1.11. The Kier molecular flexibility index (Phi) is 1.99. The van der Waals surface area contributed by atoms with Crippen molar-refractivity contribution in [2.24, 2.45) is 7.05 Å². The molecule has 0 radical (unpaired) electrons. The van der Waals surface area contributed by atoms with E-state index in [2.05, 4.69) is 32.3 Å². The second kappa shape index (κ2) is 3.37. The second-order valence-electron chi connectivity index (χ2n) is 4.23. The maximum atomic E-state index is 4.54. The van der Waals surface area contributed by atoms with Crippen molar-refractivity contribution in [1.29, 1.82) is 0 Å². The van der Waals surface area contributed by atoms with Crippen LogP contribution >= 0.6 is 0 Å². The van der Waals surface area contributed by atoms with Gasteiger partial charge in [0.15, 0.2) is 0 Å². The van der Waals surface area contributed by atoms with Crippen molar-refractivity contribution in [3.05, 3.63) is 29.7 Å². The molecule has 2 aromatic heterocycles. The lowest BCUT2D eigenvalue weighted by molar-refractivity contribution is 0.451. The van der Waals surface area contributed by atoms with E-state index in [1.54, 1.807) is 0 Å². The van der Waals surface area contributed by atoms with Crippen molar-refractivity contribution in [2.45, 2.75) is 19.4 Å². The molecule has 2 aromatic rings. The third-order valence-corrected chi connectivity index (χ3v) is 3.08. The normalized spacial score (nSPS) is 19.2. The number of anilines is 1. The van der Waals surface area contributed by atoms with Crippen LogP contribution in [0.1, 0.15) is 23.9 Å². The summed E-state index contributed by atoms with van der Waals surface area (Å²) in [6, 6.07) is 4.46. The molecule has 5 heteroatoms. The first kappa shape index (κ1) is 9.45. The second-order valence-corrected chi connectivity index (χ2v) is 4.23. The first-order chi connectivity index (χ1) is 7.75. The zero-order valence-electron chi connectivity index (χ0n) is 9.51. The number of aromatic nitrogens is 4. The van der Waals surface area contributed by atoms with Crippen molar-refractivity contribution in [2.75, 3.05) is 11.9 Å². The van der Waals surface area contributed by atoms with Gasteiger partial charge in [0, 0.05) is 25.9 Å². The molecule has 16 heavy (non-hydrogen) atoms. The molecule has 0 bridgehead atoms. The first-order valence-electron chi connectivity index (χ1n) is 5.53. The molecule has 1 unspecified atom stereocenters. The molecular weight excluding hydrogens is 202 g/mol. The fourth-order valence-corrected chi connectivity index (χ4v) is 2.33. The Labute approximate surface area is 94.1 Å². The van der Waals surface area contributed by atoms with E-state index in [0.29, 0.717) is 6.04 Å². The molecule has 1 aliphatic rings. The maximum absolute atomic E-state index is 4.54. The average Bonchev–Trinajstić information content (AvgIpc) is 2.82. The van der Waals surface area contributed by atoms with Crippen molar-refractivity contribution in [3.8, 4) is 0 Å². The highest BCUT2D eigenvalue weighted by molar-refractivity contribution is 5.40. The van der Waals surface area contributed by atoms with E-state index in [4.69, 9.17) is 0 Å². The highest BCUT2D eigenvalue weighted by Crippen LogP contribution is 2.29. The monoisotopic (exact) mass is 217 g/mol. The lowest BCUT2D eigenvalue weighted by Crippen LogP contribution is -2.25. The number of fused-ring (bicyclic) bond motifs is 1. The summed E-state index contributed by atoms with van der Waals surface area (Å²) >= 11 is 0. The lowest BCUT2D eigenvalue weighted by Gasteiger charge is -2.25. The van der Waals surface area contributed by atoms with Crippen LogP contribution in [-0.4, -0.2) is 26.1 Å². The van der Waals surface area contributed by atoms with Crippen LogP contribution in [0.3, 0.4) is 0 Å². The van der Waals surface area contributed by atoms with Gasteiger partial charge < -0.3 is 5.32 Å². The molecule has 1 N–H and O–H groups in total. The van der Waals surface area contributed by atoms with E-state index in [1.165, 1.54) is 5.69 Å². The zero-order valence-corrected chi connectivity index (χ0v) is 9.51. The Morgan fingerprint density at radius 3 is 3.12 bits per heavy atom. The van der Waals surface area contributed by atoms with Crippen molar-refractivity contribution in [3.63, 3.8) is 0 Å². The summed E-state index contributed by atoms with van der Waals surface area (Å²) < 4.78 is 3.99. The molecule has 0 amide bonds. The zero-order chi connectivity index (χ0) is 11.1. The molecule has 0 aliphatic carbocycles. The minimum absolute atomic E-state index is 0.303. The molecule has 5 nitrogen and oxygen atoms in total. The van der Waals surface area contributed by atoms with Gasteiger partial charge in [-0.2, -0.15) is 10.2 Å². The Morgan fingerprint density at radius 2 is 2.38 bits per heavy atom. The van der Waals surface area contributed by atoms with Gasteiger partial charge in [0.05, 0.1) is 17.4 Å². The number of nitrogens with one attached hydrogen (secondary N) is 1. The standard InChI is InChI=1S/C11H15N5/c1-8-7-11-12-5-3-10(16(11)14-8)9-4-6-13-15(9)2/h4,6-7,10,12H,3,5H2,1-2H3. The summed E-state index contributed by atoms with van der Waals surface area (Å²) in [7, 11) is 1.98. The van der Waals surface area contributed by atoms with Gasteiger partial charge in [0.1, 0.15) is 5.82 Å². The van der Waals surface area contributed by atoms with Gasteiger partial charge in [0.25, 0.3) is 0 Å². The van der Waals surface area contributed by atoms with Gasteiger partial charge in [0.2, 0.25) is 0 Å². The van der Waals surface area contributed by atoms with Crippen LogP contribution in [0.5, 0.6) is 0 Å². The van der Waals surface area contributed by atoms with Crippen LogP contribution in [0.4, 0.5) is 5.82 Å². The molecule has 0 aromatic carbocycles. The molecule has 1 aliphatic heterocycles. The number of hydrogen-bond acceptors (Lipinski definition) is 3. The number of hydrogen-bond donors (Lipinski definition) is 1. The average molecular weight is 217 g/mol. The maximum Gasteiger partial charge on any atom is 0.125 e. The van der Waals surface area contributed by atoms with E-state index in [-0.39, 0.29) is 0 Å². The summed E-state index contributed by atoms with van der Waals surface area (Å²) in [6.45, 7) is 3.01. The highest BCUT2D eigenvalue weighted by Gasteiger charge is 2.24. The molecule has 0 spiro atoms. The number of nitrogens with zero attached hydrogens (tertiary/aromatic N) is 4. The summed E-state index contributed by atoms with van der Waals surface area (Å²) in [5.41, 5.74) is 2.27. The molecular formula is C11H15N5. The van der Waals surface area contributed by atoms with Crippen LogP contribution in [0.15, 0.2) is 18.3 Å². The van der Waals surface area contributed by atoms with E-state index in [0.717, 1.165) is 24.5 Å². The van der Waals surface area contributed by atoms with Gasteiger partial charge in [-0.05, 0) is 19.4 Å². The van der Waals surface area contributed by atoms with Crippen LogP contribution in [0, 0.1) is 6.92 Å². The van der Waals surface area contributed by atoms with Crippen molar-refractivity contribution < 1.29 is 0 Å². The van der Waals surface area contributed by atoms with E-state index in [1.807, 2.05) is 24.9 Å².